The molecule has 0 atom stereocenters. The molecule has 0 unspecified atom stereocenters. The SMILES string of the molecule is COc1cc(/C=C/C(=O)C23CC4CC(CC(C4)C2)C3)ccc1OCC(=O)Nc1ccccc1C. The zero-order valence-electron chi connectivity index (χ0n) is 20.0. The van der Waals surface area contributed by atoms with Gasteiger partial charge in [0.2, 0.25) is 0 Å². The smallest absolute Gasteiger partial charge is 0.262 e. The normalized spacial score (nSPS) is 27.1. The summed E-state index contributed by atoms with van der Waals surface area (Å²) in [5.74, 6) is 3.34. The highest BCUT2D eigenvalue weighted by molar-refractivity contribution is 5.98. The molecule has 1 N–H and O–H groups in total. The number of carbonyl (C=O) groups is 2. The molecule has 0 saturated heterocycles. The summed E-state index contributed by atoms with van der Waals surface area (Å²) < 4.78 is 11.2. The van der Waals surface area contributed by atoms with Crippen LogP contribution in [0.2, 0.25) is 0 Å². The maximum absolute atomic E-state index is 13.3. The maximum Gasteiger partial charge on any atom is 0.262 e. The van der Waals surface area contributed by atoms with Crippen molar-refractivity contribution in [1.82, 2.24) is 0 Å². The van der Waals surface area contributed by atoms with Crippen LogP contribution >= 0.6 is 0 Å². The molecule has 6 rings (SSSR count). The van der Waals surface area contributed by atoms with E-state index in [9.17, 15) is 9.59 Å². The van der Waals surface area contributed by atoms with Gasteiger partial charge in [0.1, 0.15) is 0 Å². The van der Waals surface area contributed by atoms with Gasteiger partial charge in [-0.15, -0.1) is 0 Å². The Balaban J connectivity index is 1.21. The summed E-state index contributed by atoms with van der Waals surface area (Å²) in [7, 11) is 1.57. The van der Waals surface area contributed by atoms with Gasteiger partial charge in [0.05, 0.1) is 7.11 Å². The summed E-state index contributed by atoms with van der Waals surface area (Å²) in [6, 6.07) is 13.1. The van der Waals surface area contributed by atoms with E-state index in [4.69, 9.17) is 9.47 Å². The second kappa shape index (κ2) is 9.28. The summed E-state index contributed by atoms with van der Waals surface area (Å²) in [5.41, 5.74) is 2.52. The molecular formula is C29H33NO4. The fourth-order valence-corrected chi connectivity index (χ4v) is 6.71. The zero-order chi connectivity index (χ0) is 23.7. The molecule has 0 radical (unpaired) electrons. The van der Waals surface area contributed by atoms with Crippen LogP contribution in [0.15, 0.2) is 48.5 Å². The Hall–Kier alpha value is -3.08. The van der Waals surface area contributed by atoms with Gasteiger partial charge in [-0.2, -0.15) is 0 Å². The molecule has 2 aromatic carbocycles. The number of ether oxygens (including phenoxy) is 2. The lowest BCUT2D eigenvalue weighted by Gasteiger charge is -2.55. The van der Waals surface area contributed by atoms with Crippen LogP contribution in [0.5, 0.6) is 11.5 Å². The van der Waals surface area contributed by atoms with Crippen molar-refractivity contribution in [3.8, 4) is 11.5 Å². The highest BCUT2D eigenvalue weighted by Gasteiger charge is 2.53. The first kappa shape index (κ1) is 22.7. The average molecular weight is 460 g/mol. The van der Waals surface area contributed by atoms with Crippen molar-refractivity contribution in [3.05, 3.63) is 59.7 Å². The molecule has 4 fully saturated rings. The summed E-state index contributed by atoms with van der Waals surface area (Å²) >= 11 is 0. The first-order valence-corrected chi connectivity index (χ1v) is 12.3. The molecule has 5 heteroatoms. The lowest BCUT2D eigenvalue weighted by molar-refractivity contribution is -0.138. The van der Waals surface area contributed by atoms with Crippen molar-refractivity contribution in [2.24, 2.45) is 23.2 Å². The van der Waals surface area contributed by atoms with Crippen LogP contribution in [0.25, 0.3) is 6.08 Å². The zero-order valence-corrected chi connectivity index (χ0v) is 20.0. The molecule has 0 aromatic heterocycles. The predicted octanol–water partition coefficient (Wildman–Crippen LogP) is 5.82. The van der Waals surface area contributed by atoms with Crippen LogP contribution < -0.4 is 14.8 Å². The molecular weight excluding hydrogens is 426 g/mol. The number of ketones is 1. The Labute approximate surface area is 201 Å². The standard InChI is InChI=1S/C29H33NO4/c1-19-5-3-4-6-24(19)30-28(32)18-34-25-9-7-20(14-26(25)33-2)8-10-27(31)29-15-21-11-22(16-29)13-23(12-21)17-29/h3-10,14,21-23H,11-13,15-18H2,1-2H3,(H,30,32)/b10-8+. The van der Waals surface area contributed by atoms with E-state index >= 15 is 0 Å². The third-order valence-electron chi connectivity index (χ3n) is 7.95. The summed E-state index contributed by atoms with van der Waals surface area (Å²) in [6.45, 7) is 1.82. The van der Waals surface area contributed by atoms with Gasteiger partial charge in [-0.1, -0.05) is 30.3 Å². The molecule has 4 aliphatic carbocycles. The second-order valence-electron chi connectivity index (χ2n) is 10.5. The van der Waals surface area contributed by atoms with Gasteiger partial charge < -0.3 is 14.8 Å². The highest BCUT2D eigenvalue weighted by atomic mass is 16.5. The van der Waals surface area contributed by atoms with Crippen LogP contribution in [0.4, 0.5) is 5.69 Å². The lowest BCUT2D eigenvalue weighted by Crippen LogP contribution is -2.49. The largest absolute Gasteiger partial charge is 0.493 e. The predicted molar refractivity (Wildman–Crippen MR) is 133 cm³/mol. The Morgan fingerprint density at radius 2 is 1.68 bits per heavy atom. The number of hydrogen-bond donors (Lipinski definition) is 1. The van der Waals surface area contributed by atoms with Crippen molar-refractivity contribution in [1.29, 1.82) is 0 Å². The second-order valence-corrected chi connectivity index (χ2v) is 10.5. The Morgan fingerprint density at radius 3 is 2.32 bits per heavy atom. The number of aryl methyl sites for hydroxylation is 1. The third kappa shape index (κ3) is 4.61. The minimum atomic E-state index is -0.235. The van der Waals surface area contributed by atoms with Gasteiger partial charge in [0, 0.05) is 11.1 Å². The molecule has 4 saturated carbocycles. The fourth-order valence-electron chi connectivity index (χ4n) is 6.71. The Kier molecular flexibility index (Phi) is 6.20. The van der Waals surface area contributed by atoms with Gasteiger partial charge in [-0.3, -0.25) is 9.59 Å². The van der Waals surface area contributed by atoms with Gasteiger partial charge in [-0.25, -0.2) is 0 Å². The average Bonchev–Trinajstić information content (AvgIpc) is 2.82. The molecule has 4 bridgehead atoms. The summed E-state index contributed by atoms with van der Waals surface area (Å²) in [5, 5.41) is 2.86. The number of rotatable bonds is 8. The van der Waals surface area contributed by atoms with E-state index in [1.807, 2.05) is 49.4 Å². The van der Waals surface area contributed by atoms with E-state index in [-0.39, 0.29) is 17.9 Å². The lowest BCUT2D eigenvalue weighted by atomic mass is 9.48. The van der Waals surface area contributed by atoms with Crippen LogP contribution in [0, 0.1) is 30.1 Å². The molecule has 2 aromatic rings. The molecule has 5 nitrogen and oxygen atoms in total. The highest BCUT2D eigenvalue weighted by Crippen LogP contribution is 2.60. The molecule has 4 aliphatic rings. The van der Waals surface area contributed by atoms with Gasteiger partial charge in [0.15, 0.2) is 23.9 Å². The summed E-state index contributed by atoms with van der Waals surface area (Å²) in [4.78, 5) is 25.6. The number of hydrogen-bond acceptors (Lipinski definition) is 4. The van der Waals surface area contributed by atoms with Gasteiger partial charge >= 0.3 is 0 Å². The molecule has 178 valence electrons. The van der Waals surface area contributed by atoms with E-state index in [0.29, 0.717) is 17.3 Å². The van der Waals surface area contributed by atoms with Gasteiger partial charge in [0.25, 0.3) is 5.91 Å². The maximum atomic E-state index is 13.3. The number of anilines is 1. The van der Waals surface area contributed by atoms with Crippen LogP contribution in [-0.2, 0) is 9.59 Å². The fraction of sp³-hybridized carbons (Fsp3) is 0.448. The molecule has 34 heavy (non-hydrogen) atoms. The van der Waals surface area contributed by atoms with Crippen molar-refractivity contribution < 1.29 is 19.1 Å². The van der Waals surface area contributed by atoms with Gasteiger partial charge in [-0.05, 0) is 98.6 Å². The Morgan fingerprint density at radius 1 is 1.00 bits per heavy atom. The van der Waals surface area contributed by atoms with E-state index in [1.165, 1.54) is 19.3 Å². The van der Waals surface area contributed by atoms with E-state index in [1.54, 1.807) is 19.3 Å². The van der Waals surface area contributed by atoms with E-state index < -0.39 is 0 Å². The third-order valence-corrected chi connectivity index (χ3v) is 7.95. The minimum Gasteiger partial charge on any atom is -0.493 e. The monoisotopic (exact) mass is 459 g/mol. The number of benzene rings is 2. The number of carbonyl (C=O) groups excluding carboxylic acids is 2. The first-order valence-electron chi connectivity index (χ1n) is 12.3. The molecule has 0 heterocycles. The molecule has 0 spiro atoms. The minimum absolute atomic E-state index is 0.121. The number of allylic oxidation sites excluding steroid dienone is 1. The van der Waals surface area contributed by atoms with E-state index in [0.717, 1.165) is 53.8 Å². The van der Waals surface area contributed by atoms with Crippen LogP contribution in [0.3, 0.4) is 0 Å². The number of amides is 1. The number of nitrogens with one attached hydrogen (secondary N) is 1. The number of para-hydroxylation sites is 1. The van der Waals surface area contributed by atoms with Crippen molar-refractivity contribution >= 4 is 23.5 Å². The van der Waals surface area contributed by atoms with Crippen LogP contribution in [0.1, 0.15) is 49.7 Å². The van der Waals surface area contributed by atoms with E-state index in [2.05, 4.69) is 5.32 Å². The quantitative estimate of drug-likeness (QED) is 0.505. The van der Waals surface area contributed by atoms with Crippen LogP contribution in [-0.4, -0.2) is 25.4 Å². The van der Waals surface area contributed by atoms with Crippen molar-refractivity contribution in [3.63, 3.8) is 0 Å². The Bertz CT molecular complexity index is 1080. The topological polar surface area (TPSA) is 64.6 Å². The van der Waals surface area contributed by atoms with Crippen molar-refractivity contribution in [2.45, 2.75) is 45.4 Å². The number of methoxy groups -OCH3 is 1. The van der Waals surface area contributed by atoms with Crippen molar-refractivity contribution in [2.75, 3.05) is 19.0 Å². The molecule has 1 amide bonds. The summed E-state index contributed by atoms with van der Waals surface area (Å²) in [6.07, 6.45) is 10.9. The molecule has 0 aliphatic heterocycles. The first-order chi connectivity index (χ1) is 16.4.